The molecule has 1 aromatic carbocycles. The van der Waals surface area contributed by atoms with Crippen molar-refractivity contribution in [3.05, 3.63) is 75.8 Å². The summed E-state index contributed by atoms with van der Waals surface area (Å²) in [6.45, 7) is 1.04. The molecule has 12 heteroatoms. The summed E-state index contributed by atoms with van der Waals surface area (Å²) >= 11 is 0. The van der Waals surface area contributed by atoms with Gasteiger partial charge in [0.1, 0.15) is 11.3 Å². The van der Waals surface area contributed by atoms with Crippen molar-refractivity contribution in [1.29, 1.82) is 0 Å². The van der Waals surface area contributed by atoms with Crippen molar-refractivity contribution in [3.8, 4) is 16.9 Å². The third-order valence-corrected chi connectivity index (χ3v) is 4.30. The normalized spacial score (nSPS) is 12.5. The van der Waals surface area contributed by atoms with Gasteiger partial charge in [0.2, 0.25) is 0 Å². The maximum absolute atomic E-state index is 13.7. The summed E-state index contributed by atoms with van der Waals surface area (Å²) in [4.78, 5) is 28.7. The highest BCUT2D eigenvalue weighted by atomic mass is 19.4. The first-order valence-electron chi connectivity index (χ1n) is 9.06. The molecule has 1 amide bonds. The standard InChI is InChI=1S/C20H15F5N4O3/c1-10(9-30)27-18(31)13-7-16(11-2-5-17(26-8-11)20(23,24)25)28-29(19(13)32)12-3-4-14(21)15(22)6-12/h2-8,10,30H,9H2,1H3,(H,27,31). The first-order valence-corrected chi connectivity index (χ1v) is 9.06. The number of pyridine rings is 1. The van der Waals surface area contributed by atoms with Crippen LogP contribution in [0.1, 0.15) is 23.0 Å². The molecule has 0 bridgehead atoms. The van der Waals surface area contributed by atoms with Crippen molar-refractivity contribution in [3.63, 3.8) is 0 Å². The predicted octanol–water partition coefficient (Wildman–Crippen LogP) is 2.70. The minimum absolute atomic E-state index is 0.0265. The minimum Gasteiger partial charge on any atom is -0.394 e. The Morgan fingerprint density at radius 3 is 2.44 bits per heavy atom. The molecule has 0 radical (unpaired) electrons. The molecule has 7 nitrogen and oxygen atoms in total. The molecule has 168 valence electrons. The van der Waals surface area contributed by atoms with E-state index in [2.05, 4.69) is 15.4 Å². The lowest BCUT2D eigenvalue weighted by molar-refractivity contribution is -0.141. The molecular weight excluding hydrogens is 439 g/mol. The molecule has 2 N–H and O–H groups in total. The summed E-state index contributed by atoms with van der Waals surface area (Å²) in [6.07, 6.45) is -3.83. The van der Waals surface area contributed by atoms with Crippen LogP contribution in [-0.2, 0) is 6.18 Å². The van der Waals surface area contributed by atoms with Gasteiger partial charge in [-0.25, -0.2) is 8.78 Å². The number of aliphatic hydroxyl groups is 1. The number of nitrogens with one attached hydrogen (secondary N) is 1. The van der Waals surface area contributed by atoms with E-state index >= 15 is 0 Å². The number of amides is 1. The van der Waals surface area contributed by atoms with Crippen LogP contribution in [0, 0.1) is 11.6 Å². The Bertz CT molecular complexity index is 1210. The molecule has 2 heterocycles. The maximum atomic E-state index is 13.7. The van der Waals surface area contributed by atoms with Gasteiger partial charge >= 0.3 is 6.18 Å². The Morgan fingerprint density at radius 1 is 1.16 bits per heavy atom. The fourth-order valence-electron chi connectivity index (χ4n) is 2.65. The Labute approximate surface area is 177 Å². The number of carbonyl (C=O) groups excluding carboxylic acids is 1. The summed E-state index contributed by atoms with van der Waals surface area (Å²) in [7, 11) is 0. The number of aliphatic hydroxyl groups excluding tert-OH is 1. The van der Waals surface area contributed by atoms with Gasteiger partial charge in [0.25, 0.3) is 11.5 Å². The molecule has 0 aliphatic heterocycles. The summed E-state index contributed by atoms with van der Waals surface area (Å²) in [6, 6.07) is 4.51. The van der Waals surface area contributed by atoms with Crippen molar-refractivity contribution in [2.24, 2.45) is 0 Å². The van der Waals surface area contributed by atoms with Crippen molar-refractivity contribution in [2.75, 3.05) is 6.61 Å². The average Bonchev–Trinajstić information content (AvgIpc) is 2.75. The zero-order valence-electron chi connectivity index (χ0n) is 16.3. The van der Waals surface area contributed by atoms with Gasteiger partial charge in [0.15, 0.2) is 11.6 Å². The quantitative estimate of drug-likeness (QED) is 0.578. The monoisotopic (exact) mass is 454 g/mol. The van der Waals surface area contributed by atoms with Gasteiger partial charge in [-0.1, -0.05) is 0 Å². The molecule has 3 rings (SSSR count). The van der Waals surface area contributed by atoms with Gasteiger partial charge in [0, 0.05) is 23.9 Å². The Morgan fingerprint density at radius 2 is 1.88 bits per heavy atom. The Balaban J connectivity index is 2.19. The van der Waals surface area contributed by atoms with Gasteiger partial charge in [-0.15, -0.1) is 0 Å². The summed E-state index contributed by atoms with van der Waals surface area (Å²) in [5, 5.41) is 15.5. The number of hydrogen-bond donors (Lipinski definition) is 2. The van der Waals surface area contributed by atoms with Crippen LogP contribution in [0.4, 0.5) is 22.0 Å². The predicted molar refractivity (Wildman–Crippen MR) is 102 cm³/mol. The molecule has 2 aromatic heterocycles. The molecular formula is C20H15F5N4O3. The number of hydrogen-bond acceptors (Lipinski definition) is 5. The number of benzene rings is 1. The average molecular weight is 454 g/mol. The van der Waals surface area contributed by atoms with Crippen LogP contribution in [-0.4, -0.2) is 38.4 Å². The van der Waals surface area contributed by atoms with Crippen LogP contribution < -0.4 is 10.9 Å². The van der Waals surface area contributed by atoms with E-state index in [0.29, 0.717) is 16.8 Å². The first kappa shape index (κ1) is 23.0. The maximum Gasteiger partial charge on any atom is 0.433 e. The molecule has 32 heavy (non-hydrogen) atoms. The number of rotatable bonds is 5. The summed E-state index contributed by atoms with van der Waals surface area (Å²) < 4.78 is 66.0. The minimum atomic E-state index is -4.68. The fraction of sp³-hybridized carbons (Fsp3) is 0.200. The summed E-state index contributed by atoms with van der Waals surface area (Å²) in [5.74, 6) is -3.37. The van der Waals surface area contributed by atoms with Crippen LogP contribution in [0.15, 0.2) is 47.4 Å². The molecule has 0 fully saturated rings. The zero-order valence-corrected chi connectivity index (χ0v) is 16.3. The van der Waals surface area contributed by atoms with Crippen LogP contribution in [0.2, 0.25) is 0 Å². The lowest BCUT2D eigenvalue weighted by Gasteiger charge is -2.14. The number of aromatic nitrogens is 3. The van der Waals surface area contributed by atoms with Gasteiger partial charge in [-0.05, 0) is 37.3 Å². The number of nitrogens with zero attached hydrogens (tertiary/aromatic N) is 3. The lowest BCUT2D eigenvalue weighted by atomic mass is 10.1. The molecule has 3 aromatic rings. The van der Waals surface area contributed by atoms with E-state index in [4.69, 9.17) is 5.11 Å². The van der Waals surface area contributed by atoms with Crippen molar-refractivity contribution in [2.45, 2.75) is 19.1 Å². The fourth-order valence-corrected chi connectivity index (χ4v) is 2.65. The largest absolute Gasteiger partial charge is 0.433 e. The summed E-state index contributed by atoms with van der Waals surface area (Å²) in [5.41, 5.74) is -2.97. The molecule has 0 saturated heterocycles. The van der Waals surface area contributed by atoms with Crippen LogP contribution >= 0.6 is 0 Å². The first-order chi connectivity index (χ1) is 15.0. The van der Waals surface area contributed by atoms with Crippen LogP contribution in [0.3, 0.4) is 0 Å². The van der Waals surface area contributed by atoms with Gasteiger partial charge in [0.05, 0.1) is 18.0 Å². The smallest absolute Gasteiger partial charge is 0.394 e. The van der Waals surface area contributed by atoms with Crippen molar-refractivity contribution < 1.29 is 31.9 Å². The molecule has 0 spiro atoms. The third-order valence-electron chi connectivity index (χ3n) is 4.30. The highest BCUT2D eigenvalue weighted by Gasteiger charge is 2.32. The van der Waals surface area contributed by atoms with Gasteiger partial charge in [-0.3, -0.25) is 14.6 Å². The topological polar surface area (TPSA) is 97.1 Å². The lowest BCUT2D eigenvalue weighted by Crippen LogP contribution is -2.39. The van der Waals surface area contributed by atoms with E-state index in [-0.39, 0.29) is 16.9 Å². The van der Waals surface area contributed by atoms with Crippen LogP contribution in [0.5, 0.6) is 0 Å². The number of alkyl halides is 3. The molecule has 1 atom stereocenters. The zero-order chi connectivity index (χ0) is 23.6. The SMILES string of the molecule is CC(CO)NC(=O)c1cc(-c2ccc(C(F)(F)F)nc2)nn(-c2ccc(F)c(F)c2)c1=O. The molecule has 0 aliphatic rings. The Kier molecular flexibility index (Phi) is 6.35. The number of halogens is 5. The second-order valence-corrected chi connectivity index (χ2v) is 6.75. The van der Waals surface area contributed by atoms with Gasteiger partial charge in [-0.2, -0.15) is 23.0 Å². The second kappa shape index (κ2) is 8.83. The van der Waals surface area contributed by atoms with E-state index in [1.54, 1.807) is 0 Å². The van der Waals surface area contributed by atoms with Gasteiger partial charge < -0.3 is 10.4 Å². The molecule has 1 unspecified atom stereocenters. The van der Waals surface area contributed by atoms with E-state index in [1.807, 2.05) is 0 Å². The number of carbonyl (C=O) groups is 1. The highest BCUT2D eigenvalue weighted by Crippen LogP contribution is 2.28. The van der Waals surface area contributed by atoms with E-state index < -0.39 is 53.2 Å². The second-order valence-electron chi connectivity index (χ2n) is 6.75. The highest BCUT2D eigenvalue weighted by molar-refractivity contribution is 5.95. The van der Waals surface area contributed by atoms with E-state index in [0.717, 1.165) is 30.5 Å². The molecule has 0 saturated carbocycles. The van der Waals surface area contributed by atoms with Crippen LogP contribution in [0.25, 0.3) is 16.9 Å². The third kappa shape index (κ3) is 4.80. The van der Waals surface area contributed by atoms with Crippen molar-refractivity contribution in [1.82, 2.24) is 20.1 Å². The molecule has 0 aliphatic carbocycles. The van der Waals surface area contributed by atoms with Crippen molar-refractivity contribution >= 4 is 5.91 Å². The van der Waals surface area contributed by atoms with E-state index in [1.165, 1.54) is 6.92 Å². The van der Waals surface area contributed by atoms with E-state index in [9.17, 15) is 31.5 Å². The Hall–Kier alpha value is -3.67.